The number of pyridine rings is 1. The van der Waals surface area contributed by atoms with E-state index in [9.17, 15) is 9.00 Å². The summed E-state index contributed by atoms with van der Waals surface area (Å²) in [5.74, 6) is 2.37. The monoisotopic (exact) mass is 616 g/mol. The molecule has 2 unspecified atom stereocenters. The van der Waals surface area contributed by atoms with E-state index >= 15 is 0 Å². The molecule has 3 saturated heterocycles. The molecule has 236 valence electrons. The third-order valence-corrected chi connectivity index (χ3v) is 10.8. The summed E-state index contributed by atoms with van der Waals surface area (Å²) in [7, 11) is -0.0852. The van der Waals surface area contributed by atoms with Crippen molar-refractivity contribution in [1.29, 1.82) is 0 Å². The molecule has 3 aliphatic heterocycles. The summed E-state index contributed by atoms with van der Waals surface area (Å²) in [4.78, 5) is 21.7. The molecule has 1 aromatic heterocycles. The van der Waals surface area contributed by atoms with Gasteiger partial charge < -0.3 is 10.1 Å². The minimum absolute atomic E-state index is 0.0868. The van der Waals surface area contributed by atoms with E-state index in [2.05, 4.69) is 86.3 Å². The number of benzene rings is 2. The Morgan fingerprint density at radius 1 is 1.05 bits per heavy atom. The zero-order chi connectivity index (χ0) is 31.7. The first-order valence-corrected chi connectivity index (χ1v) is 17.1. The highest BCUT2D eigenvalue weighted by Crippen LogP contribution is 2.42. The molecule has 4 heterocycles. The number of carbonyl (C=O) groups excluding carboxylic acids is 1. The van der Waals surface area contributed by atoms with E-state index in [4.69, 9.17) is 4.74 Å². The highest BCUT2D eigenvalue weighted by Gasteiger charge is 2.43. The van der Waals surface area contributed by atoms with Gasteiger partial charge in [-0.05, 0) is 95.5 Å². The van der Waals surface area contributed by atoms with Gasteiger partial charge in [0.25, 0.3) is 0 Å². The Labute approximate surface area is 265 Å². The minimum atomic E-state index is -1.74. The molecule has 8 heteroatoms. The number of aromatic nitrogens is 1. The van der Waals surface area contributed by atoms with Gasteiger partial charge in [-0.25, -0.2) is 9.00 Å². The number of carbonyl (C=O) groups is 1. The lowest BCUT2D eigenvalue weighted by Gasteiger charge is -2.51. The fraction of sp³-hybridized carbons (Fsp3) is 0.500. The van der Waals surface area contributed by atoms with Crippen molar-refractivity contribution >= 4 is 27.9 Å². The van der Waals surface area contributed by atoms with E-state index in [1.54, 1.807) is 13.3 Å². The van der Waals surface area contributed by atoms with Crippen LogP contribution in [0.15, 0.2) is 60.1 Å². The maximum atomic E-state index is 14.1. The van der Waals surface area contributed by atoms with E-state index in [1.807, 2.05) is 24.3 Å². The number of ether oxygens (including phenoxy) is 1. The van der Waals surface area contributed by atoms with E-state index < -0.39 is 17.0 Å². The van der Waals surface area contributed by atoms with Gasteiger partial charge >= 0.3 is 6.03 Å². The molecule has 2 aromatic carbocycles. The minimum Gasteiger partial charge on any atom is -0.497 e. The molecular weight excluding hydrogens is 568 g/mol. The van der Waals surface area contributed by atoms with Gasteiger partial charge in [0.1, 0.15) is 5.75 Å². The average Bonchev–Trinajstić information content (AvgIpc) is 3.02. The number of methoxy groups -OCH3 is 1. The van der Waals surface area contributed by atoms with Crippen LogP contribution in [0.5, 0.6) is 5.75 Å². The number of rotatable bonds is 10. The van der Waals surface area contributed by atoms with Crippen molar-refractivity contribution in [2.45, 2.75) is 89.1 Å². The maximum absolute atomic E-state index is 14.1. The smallest absolute Gasteiger partial charge is 0.327 e. The summed E-state index contributed by atoms with van der Waals surface area (Å²) >= 11 is 0. The van der Waals surface area contributed by atoms with Gasteiger partial charge in [-0.3, -0.25) is 14.6 Å². The maximum Gasteiger partial charge on any atom is 0.327 e. The molecule has 0 spiro atoms. The predicted molar refractivity (Wildman–Crippen MR) is 180 cm³/mol. The molecule has 0 aliphatic carbocycles. The summed E-state index contributed by atoms with van der Waals surface area (Å²) in [6.07, 6.45) is 5.96. The highest BCUT2D eigenvalue weighted by atomic mass is 32.2. The Kier molecular flexibility index (Phi) is 9.80. The molecule has 3 fully saturated rings. The quantitative estimate of drug-likeness (QED) is 0.230. The van der Waals surface area contributed by atoms with E-state index in [1.165, 1.54) is 5.56 Å². The first-order valence-electron chi connectivity index (χ1n) is 16.0. The third kappa shape index (κ3) is 6.43. The first kappa shape index (κ1) is 32.2. The molecule has 2 N–H and O–H groups in total. The summed E-state index contributed by atoms with van der Waals surface area (Å²) in [5.41, 5.74) is 5.09. The number of fused-ring (bicyclic) bond motifs is 4. The molecule has 2 bridgehead atoms. The summed E-state index contributed by atoms with van der Waals surface area (Å²) < 4.78 is 22.5. The van der Waals surface area contributed by atoms with Crippen molar-refractivity contribution in [3.05, 3.63) is 77.5 Å². The number of amides is 2. The Hall–Kier alpha value is -3.23. The largest absolute Gasteiger partial charge is 0.497 e. The fourth-order valence-electron chi connectivity index (χ4n) is 7.06. The first-order chi connectivity index (χ1) is 21.0. The molecule has 2 amide bonds. The fourth-order valence-corrected chi connectivity index (χ4v) is 8.41. The van der Waals surface area contributed by atoms with Crippen LogP contribution < -0.4 is 14.8 Å². The Morgan fingerprint density at radius 2 is 1.75 bits per heavy atom. The normalized spacial score (nSPS) is 22.8. The van der Waals surface area contributed by atoms with Gasteiger partial charge in [0.15, 0.2) is 11.0 Å². The second-order valence-electron chi connectivity index (χ2n) is 13.3. The third-order valence-electron chi connectivity index (χ3n) is 9.59. The molecule has 0 radical (unpaired) electrons. The van der Waals surface area contributed by atoms with Crippen molar-refractivity contribution < 1.29 is 13.7 Å². The van der Waals surface area contributed by atoms with Gasteiger partial charge in [-0.15, -0.1) is 6.58 Å². The molecule has 44 heavy (non-hydrogen) atoms. The SMILES string of the molecule is C=C[C@H]1CN2CC[C@H]1C[C@H]2[C@@H](NC(=O)NS(=O)c1c(C(C)C)cc(C(C)C)cc1C(C)C)c1ccnc2ccc(OC)cc12. The van der Waals surface area contributed by atoms with Crippen molar-refractivity contribution in [2.75, 3.05) is 20.2 Å². The van der Waals surface area contributed by atoms with Gasteiger partial charge in [-0.2, -0.15) is 0 Å². The van der Waals surface area contributed by atoms with Crippen molar-refractivity contribution in [2.24, 2.45) is 11.8 Å². The Morgan fingerprint density at radius 3 is 2.32 bits per heavy atom. The number of hydrogen-bond donors (Lipinski definition) is 2. The zero-order valence-electron chi connectivity index (χ0n) is 27.2. The van der Waals surface area contributed by atoms with Gasteiger partial charge in [0.2, 0.25) is 0 Å². The Bertz CT molecular complexity index is 1520. The molecule has 0 saturated carbocycles. The van der Waals surface area contributed by atoms with Crippen LogP contribution in [0.25, 0.3) is 10.9 Å². The van der Waals surface area contributed by atoms with Crippen LogP contribution in [0, 0.1) is 11.8 Å². The summed E-state index contributed by atoms with van der Waals surface area (Å²) in [6, 6.07) is 11.5. The predicted octanol–water partition coefficient (Wildman–Crippen LogP) is 7.57. The van der Waals surface area contributed by atoms with Crippen LogP contribution in [0.4, 0.5) is 4.79 Å². The second-order valence-corrected chi connectivity index (χ2v) is 14.5. The van der Waals surface area contributed by atoms with Crippen molar-refractivity contribution in [3.8, 4) is 5.75 Å². The van der Waals surface area contributed by atoms with Crippen LogP contribution >= 0.6 is 0 Å². The number of piperidine rings is 3. The number of nitrogens with zero attached hydrogens (tertiary/aromatic N) is 2. The molecule has 3 aliphatic rings. The number of nitrogens with one attached hydrogen (secondary N) is 2. The van der Waals surface area contributed by atoms with Crippen LogP contribution in [0.1, 0.15) is 100 Å². The average molecular weight is 617 g/mol. The van der Waals surface area contributed by atoms with Gasteiger partial charge in [0, 0.05) is 24.2 Å². The van der Waals surface area contributed by atoms with Crippen molar-refractivity contribution in [1.82, 2.24) is 19.9 Å². The van der Waals surface area contributed by atoms with Crippen LogP contribution in [-0.2, 0) is 11.0 Å². The second kappa shape index (κ2) is 13.4. The summed E-state index contributed by atoms with van der Waals surface area (Å²) in [5, 5.41) is 4.24. The van der Waals surface area contributed by atoms with E-state index in [0.717, 1.165) is 64.2 Å². The van der Waals surface area contributed by atoms with Crippen LogP contribution in [-0.4, -0.2) is 46.4 Å². The van der Waals surface area contributed by atoms with E-state index in [-0.39, 0.29) is 23.9 Å². The molecule has 3 aromatic rings. The topological polar surface area (TPSA) is 83.6 Å². The zero-order valence-corrected chi connectivity index (χ0v) is 28.0. The lowest BCUT2D eigenvalue weighted by Crippen LogP contribution is -2.58. The molecule has 7 nitrogen and oxygen atoms in total. The standard InChI is InChI=1S/C36H48N4O3S/c1-9-24-20-40-15-13-25(24)18-33(40)34(28-12-14-37-32-11-10-27(43-8)19-31(28)32)38-36(41)39-44(42)35-29(22(4)5)16-26(21(2)3)17-30(35)23(6)7/h9-12,14,16-17,19,21-25,33-34H,1,13,15,18,20H2,2-8H3,(H2,38,39,41)/t24-,25-,33-,34-,44?/m0/s1. The highest BCUT2D eigenvalue weighted by molar-refractivity contribution is 7.83. The van der Waals surface area contributed by atoms with Crippen molar-refractivity contribution in [3.63, 3.8) is 0 Å². The molecular formula is C36H48N4O3S. The van der Waals surface area contributed by atoms with Gasteiger partial charge in [0.05, 0.1) is 23.6 Å². The lowest BCUT2D eigenvalue weighted by atomic mass is 9.73. The van der Waals surface area contributed by atoms with Crippen LogP contribution in [0.3, 0.4) is 0 Å². The number of hydrogen-bond acceptors (Lipinski definition) is 5. The van der Waals surface area contributed by atoms with E-state index in [0.29, 0.717) is 17.8 Å². The van der Waals surface area contributed by atoms with Gasteiger partial charge in [-0.1, -0.05) is 59.8 Å². The van der Waals surface area contributed by atoms with Crippen LogP contribution in [0.2, 0.25) is 0 Å². The number of urea groups is 1. The Balaban J connectivity index is 1.51. The molecule has 6 rings (SSSR count). The summed E-state index contributed by atoms with van der Waals surface area (Å²) in [6.45, 7) is 18.8. The molecule has 6 atom stereocenters. The lowest BCUT2D eigenvalue weighted by molar-refractivity contribution is 0.00324.